The van der Waals surface area contributed by atoms with E-state index >= 15 is 0 Å². The molecule has 0 spiro atoms. The Kier molecular flexibility index (Phi) is 3.63. The Morgan fingerprint density at radius 3 is 2.40 bits per heavy atom. The summed E-state index contributed by atoms with van der Waals surface area (Å²) in [6.07, 6.45) is 1.38. The first kappa shape index (κ1) is 9.68. The molecule has 4 nitrogen and oxygen atoms in total. The summed E-state index contributed by atoms with van der Waals surface area (Å²) in [5.41, 5.74) is -0.293. The van der Waals surface area contributed by atoms with Crippen molar-refractivity contribution in [2.45, 2.75) is 6.92 Å². The Morgan fingerprint density at radius 1 is 1.40 bits per heavy atom. The molecule has 0 bridgehead atoms. The molecule has 10 heavy (non-hydrogen) atoms. The third-order valence-electron chi connectivity index (χ3n) is 1.00. The topological polar surface area (TPSA) is 65.7 Å². The Bertz CT molecular complexity index is 314. The van der Waals surface area contributed by atoms with E-state index in [0.717, 1.165) is 0 Å². The first-order chi connectivity index (χ1) is 4.20. The molecule has 1 heterocycles. The average Bonchev–Trinajstić information content (AvgIpc) is 1.80. The van der Waals surface area contributed by atoms with Gasteiger partial charge in [0.2, 0.25) is 0 Å². The van der Waals surface area contributed by atoms with Crippen molar-refractivity contribution in [2.24, 2.45) is 0 Å². The van der Waals surface area contributed by atoms with Gasteiger partial charge in [0.1, 0.15) is 0 Å². The van der Waals surface area contributed by atoms with Crippen LogP contribution in [0, 0.1) is 6.92 Å². The third kappa shape index (κ3) is 2.13. The molecular weight excluding hydrogens is 143 g/mol. The second kappa shape index (κ2) is 3.75. The Balaban J connectivity index is 0.000000810. The fourth-order valence-corrected chi connectivity index (χ4v) is 0.477. The maximum absolute atomic E-state index is 10.6. The molecule has 5 heteroatoms. The van der Waals surface area contributed by atoms with Gasteiger partial charge in [-0.3, -0.25) is 9.78 Å². The summed E-state index contributed by atoms with van der Waals surface area (Å²) in [4.78, 5) is 25.3. The van der Waals surface area contributed by atoms with Crippen LogP contribution in [-0.4, -0.2) is 39.5 Å². The first-order valence-electron chi connectivity index (χ1n) is 2.49. The van der Waals surface area contributed by atoms with Crippen molar-refractivity contribution in [2.75, 3.05) is 0 Å². The number of hydrogen-bond acceptors (Lipinski definition) is 2. The van der Waals surface area contributed by atoms with Crippen LogP contribution < -0.4 is 11.2 Å². The van der Waals surface area contributed by atoms with E-state index in [1.807, 2.05) is 0 Å². The molecule has 0 saturated carbocycles. The summed E-state index contributed by atoms with van der Waals surface area (Å²) in [6, 6.07) is 0. The van der Waals surface area contributed by atoms with Crippen LogP contribution in [0.1, 0.15) is 5.56 Å². The molecule has 0 aliphatic rings. The monoisotopic (exact) mass is 149 g/mol. The molecule has 1 aromatic rings. The Labute approximate surface area is 79.0 Å². The van der Waals surface area contributed by atoms with E-state index in [0.29, 0.717) is 5.56 Å². The molecule has 0 aromatic carbocycles. The predicted octanol–water partition coefficient (Wildman–Crippen LogP) is -1.01. The van der Waals surface area contributed by atoms with Crippen LogP contribution in [0.2, 0.25) is 0 Å². The van der Waals surface area contributed by atoms with Crippen LogP contribution in [0.5, 0.6) is 0 Å². The third-order valence-corrected chi connectivity index (χ3v) is 1.00. The van der Waals surface area contributed by atoms with Gasteiger partial charge < -0.3 is 4.98 Å². The van der Waals surface area contributed by atoms with E-state index in [4.69, 9.17) is 0 Å². The van der Waals surface area contributed by atoms with E-state index in [-0.39, 0.29) is 35.1 Å². The number of aryl methyl sites for hydroxylation is 1. The zero-order valence-electron chi connectivity index (χ0n) is 5.89. The first-order valence-corrected chi connectivity index (χ1v) is 2.49. The molecule has 49 valence electrons. The van der Waals surface area contributed by atoms with Gasteiger partial charge >= 0.3 is 5.69 Å². The normalized spacial score (nSPS) is 8.50. The molecule has 1 rings (SSSR count). The minimum absolute atomic E-state index is 0. The SMILES string of the molecule is Cc1c[nH]c(=O)[nH]c1=O.[Na]. The quantitative estimate of drug-likeness (QED) is 0.464. The van der Waals surface area contributed by atoms with E-state index in [9.17, 15) is 9.59 Å². The molecule has 0 amide bonds. The van der Waals surface area contributed by atoms with Crippen LogP contribution in [0.3, 0.4) is 0 Å². The van der Waals surface area contributed by atoms with Gasteiger partial charge in [-0.1, -0.05) is 0 Å². The fourth-order valence-electron chi connectivity index (χ4n) is 0.477. The standard InChI is InChI=1S/C5H6N2O2.Na/c1-3-2-6-5(9)7-4(3)8;/h2H,1H3,(H2,6,7,8,9);. The number of hydrogen-bond donors (Lipinski definition) is 2. The van der Waals surface area contributed by atoms with Crippen LogP contribution >= 0.6 is 0 Å². The van der Waals surface area contributed by atoms with Crippen molar-refractivity contribution in [3.63, 3.8) is 0 Å². The summed E-state index contributed by atoms with van der Waals surface area (Å²) < 4.78 is 0. The zero-order valence-corrected chi connectivity index (χ0v) is 7.89. The summed E-state index contributed by atoms with van der Waals surface area (Å²) in [5.74, 6) is 0. The maximum atomic E-state index is 10.6. The van der Waals surface area contributed by atoms with Crippen molar-refractivity contribution in [1.82, 2.24) is 9.97 Å². The molecule has 1 radical (unpaired) electrons. The van der Waals surface area contributed by atoms with Crippen molar-refractivity contribution in [3.8, 4) is 0 Å². The summed E-state index contributed by atoms with van der Waals surface area (Å²) >= 11 is 0. The molecule has 0 aliphatic heterocycles. The molecule has 0 atom stereocenters. The number of aromatic nitrogens is 2. The van der Waals surface area contributed by atoms with Crippen LogP contribution in [0.15, 0.2) is 15.8 Å². The molecule has 0 unspecified atom stereocenters. The van der Waals surface area contributed by atoms with Gasteiger partial charge in [-0.2, -0.15) is 0 Å². The van der Waals surface area contributed by atoms with Gasteiger partial charge in [0.25, 0.3) is 5.56 Å². The number of nitrogens with one attached hydrogen (secondary N) is 2. The molecule has 0 fully saturated rings. The fraction of sp³-hybridized carbons (Fsp3) is 0.200. The van der Waals surface area contributed by atoms with Crippen molar-refractivity contribution in [1.29, 1.82) is 0 Å². The summed E-state index contributed by atoms with van der Waals surface area (Å²) in [7, 11) is 0. The van der Waals surface area contributed by atoms with Crippen LogP contribution in [0.25, 0.3) is 0 Å². The van der Waals surface area contributed by atoms with Gasteiger partial charge in [-0.05, 0) is 6.92 Å². The van der Waals surface area contributed by atoms with Crippen LogP contribution in [0.4, 0.5) is 0 Å². The second-order valence-electron chi connectivity index (χ2n) is 1.75. The molecule has 2 N–H and O–H groups in total. The van der Waals surface area contributed by atoms with Crippen molar-refractivity contribution < 1.29 is 0 Å². The maximum Gasteiger partial charge on any atom is 0.325 e. The smallest absolute Gasteiger partial charge is 0.314 e. The van der Waals surface area contributed by atoms with E-state index in [1.165, 1.54) is 6.20 Å². The van der Waals surface area contributed by atoms with Gasteiger partial charge in [0, 0.05) is 41.3 Å². The van der Waals surface area contributed by atoms with E-state index in [1.54, 1.807) is 6.92 Å². The van der Waals surface area contributed by atoms with E-state index < -0.39 is 5.69 Å². The number of H-pyrrole nitrogens is 2. The minimum atomic E-state index is -0.467. The van der Waals surface area contributed by atoms with E-state index in [2.05, 4.69) is 9.97 Å². The van der Waals surface area contributed by atoms with Crippen LogP contribution in [-0.2, 0) is 0 Å². The molecule has 1 aromatic heterocycles. The number of rotatable bonds is 0. The van der Waals surface area contributed by atoms with Gasteiger partial charge in [-0.25, -0.2) is 4.79 Å². The number of aromatic amines is 2. The predicted molar refractivity (Wildman–Crippen MR) is 38.2 cm³/mol. The summed E-state index contributed by atoms with van der Waals surface area (Å²) in [5, 5.41) is 0. The average molecular weight is 149 g/mol. The van der Waals surface area contributed by atoms with Gasteiger partial charge in [0.15, 0.2) is 0 Å². The second-order valence-corrected chi connectivity index (χ2v) is 1.75. The molecule has 0 aliphatic carbocycles. The van der Waals surface area contributed by atoms with Crippen molar-refractivity contribution in [3.05, 3.63) is 32.6 Å². The minimum Gasteiger partial charge on any atom is -0.314 e. The van der Waals surface area contributed by atoms with Gasteiger partial charge in [-0.15, -0.1) is 0 Å². The van der Waals surface area contributed by atoms with Crippen molar-refractivity contribution >= 4 is 29.6 Å². The van der Waals surface area contributed by atoms with Gasteiger partial charge in [0.05, 0.1) is 0 Å². The molecule has 0 saturated heterocycles. The zero-order chi connectivity index (χ0) is 6.85. The summed E-state index contributed by atoms with van der Waals surface area (Å²) in [6.45, 7) is 1.62. The molecular formula is C5H6N2NaO2. The largest absolute Gasteiger partial charge is 0.325 e. The Hall–Kier alpha value is -0.320. The Morgan fingerprint density at radius 2 is 2.00 bits per heavy atom.